The fourth-order valence-corrected chi connectivity index (χ4v) is 2.75. The molecule has 0 atom stereocenters. The lowest BCUT2D eigenvalue weighted by molar-refractivity contribution is 0.0697. The number of nitrogens with one attached hydrogen (secondary N) is 1. The van der Waals surface area contributed by atoms with Crippen LogP contribution in [-0.4, -0.2) is 17.6 Å². The van der Waals surface area contributed by atoms with Crippen molar-refractivity contribution in [2.45, 2.75) is 39.0 Å². The van der Waals surface area contributed by atoms with Crippen LogP contribution in [0.5, 0.6) is 0 Å². The van der Waals surface area contributed by atoms with Gasteiger partial charge in [-0.2, -0.15) is 0 Å². The van der Waals surface area contributed by atoms with Crippen LogP contribution in [0.15, 0.2) is 18.2 Å². The highest BCUT2D eigenvalue weighted by molar-refractivity contribution is 5.90. The van der Waals surface area contributed by atoms with Crippen LogP contribution in [-0.2, 0) is 0 Å². The summed E-state index contributed by atoms with van der Waals surface area (Å²) in [6.07, 6.45) is 6.42. The van der Waals surface area contributed by atoms with Crippen LogP contribution in [0.3, 0.4) is 0 Å². The number of nitrogens with two attached hydrogens (primary N) is 1. The third kappa shape index (κ3) is 3.40. The summed E-state index contributed by atoms with van der Waals surface area (Å²) in [5.41, 5.74) is 7.78. The number of anilines is 2. The largest absolute Gasteiger partial charge is 0.478 e. The molecule has 1 aliphatic carbocycles. The van der Waals surface area contributed by atoms with Gasteiger partial charge in [0.2, 0.25) is 0 Å². The average molecular weight is 262 g/mol. The van der Waals surface area contributed by atoms with Gasteiger partial charge in [-0.25, -0.2) is 4.79 Å². The second kappa shape index (κ2) is 5.51. The minimum absolute atomic E-state index is 0.229. The van der Waals surface area contributed by atoms with E-state index in [2.05, 4.69) is 12.2 Å². The number of carbonyl (C=O) groups is 1. The van der Waals surface area contributed by atoms with Crippen molar-refractivity contribution in [3.63, 3.8) is 0 Å². The quantitative estimate of drug-likeness (QED) is 0.727. The molecule has 1 saturated carbocycles. The lowest BCUT2D eigenvalue weighted by Gasteiger charge is -2.34. The lowest BCUT2D eigenvalue weighted by Crippen LogP contribution is -2.29. The summed E-state index contributed by atoms with van der Waals surface area (Å²) in [4.78, 5) is 10.8. The van der Waals surface area contributed by atoms with Gasteiger partial charge < -0.3 is 16.2 Å². The number of hydrogen-bond acceptors (Lipinski definition) is 3. The molecule has 0 amide bonds. The third-order valence-corrected chi connectivity index (χ3v) is 4.06. The van der Waals surface area contributed by atoms with Gasteiger partial charge in [-0.05, 0) is 36.5 Å². The molecule has 19 heavy (non-hydrogen) atoms. The van der Waals surface area contributed by atoms with Gasteiger partial charge in [0, 0.05) is 6.54 Å². The van der Waals surface area contributed by atoms with Gasteiger partial charge in [-0.15, -0.1) is 0 Å². The second-order valence-corrected chi connectivity index (χ2v) is 5.83. The molecule has 1 aromatic carbocycles. The summed E-state index contributed by atoms with van der Waals surface area (Å²) in [6.45, 7) is 3.20. The van der Waals surface area contributed by atoms with Crippen LogP contribution in [0.4, 0.5) is 11.4 Å². The number of nitrogen functional groups attached to an aromatic ring is 1. The molecule has 0 aromatic heterocycles. The average Bonchev–Trinajstić information content (AvgIpc) is 2.38. The molecule has 4 nitrogen and oxygen atoms in total. The van der Waals surface area contributed by atoms with E-state index in [1.807, 2.05) is 0 Å². The first kappa shape index (κ1) is 13.7. The number of carboxylic acid groups (broad SMARTS) is 1. The predicted molar refractivity (Wildman–Crippen MR) is 77.5 cm³/mol. The Hall–Kier alpha value is -1.71. The highest BCUT2D eigenvalue weighted by Crippen LogP contribution is 2.36. The molecule has 0 aliphatic heterocycles. The molecule has 4 N–H and O–H groups in total. The monoisotopic (exact) mass is 262 g/mol. The number of benzene rings is 1. The van der Waals surface area contributed by atoms with Crippen molar-refractivity contribution in [1.82, 2.24) is 0 Å². The summed E-state index contributed by atoms with van der Waals surface area (Å²) < 4.78 is 0. The SMILES string of the molecule is CC1(CNc2ccc(C(=O)O)cc2N)CCCCC1. The minimum Gasteiger partial charge on any atom is -0.478 e. The molecule has 0 saturated heterocycles. The molecule has 0 unspecified atom stereocenters. The van der Waals surface area contributed by atoms with Gasteiger partial charge >= 0.3 is 5.97 Å². The Morgan fingerprint density at radius 3 is 2.63 bits per heavy atom. The van der Waals surface area contributed by atoms with Crippen molar-refractivity contribution in [3.8, 4) is 0 Å². The molecule has 1 fully saturated rings. The Balaban J connectivity index is 2.01. The summed E-state index contributed by atoms with van der Waals surface area (Å²) in [7, 11) is 0. The van der Waals surface area contributed by atoms with Gasteiger partial charge in [0.25, 0.3) is 0 Å². The molecule has 2 rings (SSSR count). The van der Waals surface area contributed by atoms with Crippen LogP contribution >= 0.6 is 0 Å². The zero-order valence-electron chi connectivity index (χ0n) is 11.4. The van der Waals surface area contributed by atoms with Gasteiger partial charge in [0.1, 0.15) is 0 Å². The maximum atomic E-state index is 10.8. The molecule has 0 radical (unpaired) electrons. The molecule has 0 heterocycles. The minimum atomic E-state index is -0.947. The van der Waals surface area contributed by atoms with E-state index in [1.165, 1.54) is 38.2 Å². The molecule has 0 bridgehead atoms. The van der Waals surface area contributed by atoms with Crippen molar-refractivity contribution >= 4 is 17.3 Å². The van der Waals surface area contributed by atoms with E-state index in [0.717, 1.165) is 12.2 Å². The predicted octanol–water partition coefficient (Wildman–Crippen LogP) is 3.35. The zero-order valence-corrected chi connectivity index (χ0v) is 11.4. The summed E-state index contributed by atoms with van der Waals surface area (Å²) in [5.74, 6) is -0.947. The molecule has 1 aliphatic rings. The number of aromatic carboxylic acids is 1. The summed E-state index contributed by atoms with van der Waals surface area (Å²) >= 11 is 0. The highest BCUT2D eigenvalue weighted by atomic mass is 16.4. The summed E-state index contributed by atoms with van der Waals surface area (Å²) in [5, 5.41) is 12.3. The summed E-state index contributed by atoms with van der Waals surface area (Å²) in [6, 6.07) is 4.85. The second-order valence-electron chi connectivity index (χ2n) is 5.83. The van der Waals surface area contributed by atoms with Crippen LogP contribution in [0.1, 0.15) is 49.4 Å². The normalized spacial score (nSPS) is 17.9. The Labute approximate surface area is 114 Å². The van der Waals surface area contributed by atoms with Gasteiger partial charge in [-0.1, -0.05) is 26.2 Å². The van der Waals surface area contributed by atoms with Crippen molar-refractivity contribution in [2.75, 3.05) is 17.6 Å². The molecule has 1 aromatic rings. The maximum absolute atomic E-state index is 10.8. The van der Waals surface area contributed by atoms with Crippen molar-refractivity contribution in [1.29, 1.82) is 0 Å². The van der Waals surface area contributed by atoms with Crippen LogP contribution in [0, 0.1) is 5.41 Å². The topological polar surface area (TPSA) is 75.3 Å². The van der Waals surface area contributed by atoms with Crippen LogP contribution < -0.4 is 11.1 Å². The number of rotatable bonds is 4. The fourth-order valence-electron chi connectivity index (χ4n) is 2.75. The Bertz CT molecular complexity index is 465. The third-order valence-electron chi connectivity index (χ3n) is 4.06. The number of hydrogen-bond donors (Lipinski definition) is 3. The lowest BCUT2D eigenvalue weighted by atomic mass is 9.76. The van der Waals surface area contributed by atoms with Gasteiger partial charge in [-0.3, -0.25) is 0 Å². The van der Waals surface area contributed by atoms with Crippen LogP contribution in [0.2, 0.25) is 0 Å². The first-order chi connectivity index (χ1) is 9.00. The van der Waals surface area contributed by atoms with E-state index in [-0.39, 0.29) is 5.56 Å². The highest BCUT2D eigenvalue weighted by Gasteiger charge is 2.26. The molecular weight excluding hydrogens is 240 g/mol. The number of carboxylic acids is 1. The van der Waals surface area contributed by atoms with E-state index in [4.69, 9.17) is 10.8 Å². The molecule has 104 valence electrons. The standard InChI is InChI=1S/C15H22N2O2/c1-15(7-3-2-4-8-15)10-17-13-6-5-11(14(18)19)9-12(13)16/h5-6,9,17H,2-4,7-8,10,16H2,1H3,(H,18,19). The van der Waals surface area contributed by atoms with Crippen LogP contribution in [0.25, 0.3) is 0 Å². The Kier molecular flexibility index (Phi) is 3.98. The van der Waals surface area contributed by atoms with Gasteiger partial charge in [0.15, 0.2) is 0 Å². The van der Waals surface area contributed by atoms with Crippen molar-refractivity contribution in [3.05, 3.63) is 23.8 Å². The Morgan fingerprint density at radius 2 is 2.05 bits per heavy atom. The molecule has 0 spiro atoms. The fraction of sp³-hybridized carbons (Fsp3) is 0.533. The first-order valence-corrected chi connectivity index (χ1v) is 6.87. The zero-order chi connectivity index (χ0) is 13.9. The van der Waals surface area contributed by atoms with E-state index in [9.17, 15) is 4.79 Å². The first-order valence-electron chi connectivity index (χ1n) is 6.87. The van der Waals surface area contributed by atoms with Crippen molar-refractivity contribution in [2.24, 2.45) is 5.41 Å². The van der Waals surface area contributed by atoms with E-state index in [1.54, 1.807) is 12.1 Å². The Morgan fingerprint density at radius 1 is 1.37 bits per heavy atom. The molecular formula is C15H22N2O2. The van der Waals surface area contributed by atoms with E-state index >= 15 is 0 Å². The maximum Gasteiger partial charge on any atom is 0.335 e. The van der Waals surface area contributed by atoms with E-state index in [0.29, 0.717) is 11.1 Å². The molecule has 4 heteroatoms. The van der Waals surface area contributed by atoms with E-state index < -0.39 is 5.97 Å². The van der Waals surface area contributed by atoms with Crippen molar-refractivity contribution < 1.29 is 9.90 Å². The smallest absolute Gasteiger partial charge is 0.335 e. The van der Waals surface area contributed by atoms with Gasteiger partial charge in [0.05, 0.1) is 16.9 Å².